The number of hydrogen-bond donors (Lipinski definition) is 1. The van der Waals surface area contributed by atoms with E-state index in [9.17, 15) is 14.4 Å². The molecule has 0 aliphatic heterocycles. The van der Waals surface area contributed by atoms with Crippen molar-refractivity contribution in [2.45, 2.75) is 26.3 Å². The van der Waals surface area contributed by atoms with E-state index in [2.05, 4.69) is 5.32 Å². The number of nitrogens with one attached hydrogen (secondary N) is 1. The van der Waals surface area contributed by atoms with E-state index >= 15 is 0 Å². The third kappa shape index (κ3) is 8.36. The lowest BCUT2D eigenvalue weighted by atomic mass is 10.1. The van der Waals surface area contributed by atoms with Gasteiger partial charge in [0.15, 0.2) is 6.61 Å². The lowest BCUT2D eigenvalue weighted by Gasteiger charge is -2.23. The second-order valence-corrected chi connectivity index (χ2v) is 7.50. The molecule has 1 rings (SSSR count). The van der Waals surface area contributed by atoms with Crippen LogP contribution in [0.2, 0.25) is 10.0 Å². The smallest absolute Gasteiger partial charge is 0.331 e. The van der Waals surface area contributed by atoms with Crippen molar-refractivity contribution in [1.29, 1.82) is 0 Å². The third-order valence-corrected chi connectivity index (χ3v) is 3.58. The summed E-state index contributed by atoms with van der Waals surface area (Å²) in [4.78, 5) is 36.6. The Balaban J connectivity index is 2.47. The van der Waals surface area contributed by atoms with E-state index < -0.39 is 18.5 Å². The minimum absolute atomic E-state index is 0.121. The van der Waals surface area contributed by atoms with Crippen molar-refractivity contribution in [3.63, 3.8) is 0 Å². The first kappa shape index (κ1) is 22.0. The Bertz CT molecular complexity index is 712. The van der Waals surface area contributed by atoms with Gasteiger partial charge in [0.05, 0.1) is 6.54 Å². The fraction of sp³-hybridized carbons (Fsp3) is 0.389. The summed E-state index contributed by atoms with van der Waals surface area (Å²) in [5.41, 5.74) is 0.205. The molecular weight excluding hydrogens is 379 g/mol. The lowest BCUT2D eigenvalue weighted by molar-refractivity contribution is -0.148. The highest BCUT2D eigenvalue weighted by molar-refractivity contribution is 6.35. The van der Waals surface area contributed by atoms with Crippen LogP contribution in [0.25, 0.3) is 6.08 Å². The third-order valence-electron chi connectivity index (χ3n) is 3.02. The zero-order valence-corrected chi connectivity index (χ0v) is 16.6. The van der Waals surface area contributed by atoms with Gasteiger partial charge in [-0.1, -0.05) is 29.3 Å². The molecule has 142 valence electrons. The Morgan fingerprint density at radius 3 is 2.46 bits per heavy atom. The maximum Gasteiger partial charge on any atom is 0.331 e. The molecule has 0 heterocycles. The molecule has 0 aliphatic carbocycles. The van der Waals surface area contributed by atoms with Crippen LogP contribution in [0.3, 0.4) is 0 Å². The maximum absolute atomic E-state index is 11.9. The summed E-state index contributed by atoms with van der Waals surface area (Å²) >= 11 is 11.8. The molecule has 0 saturated heterocycles. The summed E-state index contributed by atoms with van der Waals surface area (Å²) in [6, 6.07) is 4.84. The number of carbonyl (C=O) groups is 3. The molecule has 0 saturated carbocycles. The molecule has 26 heavy (non-hydrogen) atoms. The zero-order valence-electron chi connectivity index (χ0n) is 15.1. The molecular formula is C18H22Cl2N2O4. The average Bonchev–Trinajstić information content (AvgIpc) is 2.49. The van der Waals surface area contributed by atoms with E-state index in [0.29, 0.717) is 15.6 Å². The minimum atomic E-state index is -0.697. The Labute approximate surface area is 163 Å². The summed E-state index contributed by atoms with van der Waals surface area (Å²) in [6.07, 6.45) is 2.63. The fourth-order valence-corrected chi connectivity index (χ4v) is 2.32. The first-order chi connectivity index (χ1) is 12.0. The van der Waals surface area contributed by atoms with E-state index in [1.807, 2.05) is 20.8 Å². The van der Waals surface area contributed by atoms with Crippen LogP contribution >= 0.6 is 23.2 Å². The van der Waals surface area contributed by atoms with E-state index in [1.54, 1.807) is 18.2 Å². The normalized spacial score (nSPS) is 11.3. The van der Waals surface area contributed by atoms with Gasteiger partial charge in [-0.25, -0.2) is 4.79 Å². The number of ether oxygens (including phenoxy) is 1. The van der Waals surface area contributed by atoms with Crippen molar-refractivity contribution < 1.29 is 19.1 Å². The van der Waals surface area contributed by atoms with Gasteiger partial charge in [0, 0.05) is 28.7 Å². The van der Waals surface area contributed by atoms with Crippen LogP contribution < -0.4 is 5.32 Å². The number of amides is 2. The summed E-state index contributed by atoms with van der Waals surface area (Å²) in [5, 5.41) is 3.62. The van der Waals surface area contributed by atoms with Crippen LogP contribution in [0.4, 0.5) is 0 Å². The van der Waals surface area contributed by atoms with Gasteiger partial charge in [-0.3, -0.25) is 9.59 Å². The highest BCUT2D eigenvalue weighted by atomic mass is 35.5. The number of likely N-dealkylation sites (N-methyl/N-ethyl adjacent to an activating group) is 1. The lowest BCUT2D eigenvalue weighted by Crippen LogP contribution is -2.46. The molecule has 0 radical (unpaired) electrons. The van der Waals surface area contributed by atoms with Crippen molar-refractivity contribution in [3.8, 4) is 0 Å². The van der Waals surface area contributed by atoms with Crippen molar-refractivity contribution in [2.75, 3.05) is 20.2 Å². The van der Waals surface area contributed by atoms with Gasteiger partial charge < -0.3 is 15.0 Å². The number of hydrogen-bond acceptors (Lipinski definition) is 4. The monoisotopic (exact) mass is 400 g/mol. The van der Waals surface area contributed by atoms with Gasteiger partial charge in [0.25, 0.3) is 5.91 Å². The van der Waals surface area contributed by atoms with Crippen LogP contribution in [0.15, 0.2) is 24.3 Å². The Kier molecular flexibility index (Phi) is 8.11. The van der Waals surface area contributed by atoms with E-state index in [1.165, 1.54) is 18.0 Å². The van der Waals surface area contributed by atoms with Gasteiger partial charge >= 0.3 is 5.97 Å². The molecule has 0 spiro atoms. The van der Waals surface area contributed by atoms with E-state index in [-0.39, 0.29) is 18.0 Å². The number of esters is 1. The molecule has 8 heteroatoms. The fourth-order valence-electron chi connectivity index (χ4n) is 1.85. The van der Waals surface area contributed by atoms with Gasteiger partial charge in [-0.05, 0) is 44.5 Å². The number of halogens is 2. The van der Waals surface area contributed by atoms with Crippen LogP contribution in [-0.2, 0) is 19.1 Å². The summed E-state index contributed by atoms with van der Waals surface area (Å²) in [5.74, 6) is -1.48. The molecule has 1 aromatic rings. The van der Waals surface area contributed by atoms with Gasteiger partial charge in [-0.2, -0.15) is 0 Å². The minimum Gasteiger partial charge on any atom is -0.452 e. The Hall–Kier alpha value is -2.05. The summed E-state index contributed by atoms with van der Waals surface area (Å²) in [6.45, 7) is 4.94. The van der Waals surface area contributed by atoms with Crippen molar-refractivity contribution in [2.24, 2.45) is 0 Å². The quantitative estimate of drug-likeness (QED) is 0.588. The molecule has 6 nitrogen and oxygen atoms in total. The topological polar surface area (TPSA) is 75.7 Å². The first-order valence-corrected chi connectivity index (χ1v) is 8.58. The largest absolute Gasteiger partial charge is 0.452 e. The van der Waals surface area contributed by atoms with Crippen LogP contribution in [-0.4, -0.2) is 48.4 Å². The van der Waals surface area contributed by atoms with Crippen molar-refractivity contribution in [1.82, 2.24) is 10.2 Å². The molecule has 0 aromatic heterocycles. The van der Waals surface area contributed by atoms with E-state index in [0.717, 1.165) is 6.08 Å². The predicted octanol–water partition coefficient (Wildman–Crippen LogP) is 2.92. The van der Waals surface area contributed by atoms with Gasteiger partial charge in [0.1, 0.15) is 0 Å². The van der Waals surface area contributed by atoms with Crippen molar-refractivity contribution >= 4 is 47.1 Å². The highest BCUT2D eigenvalue weighted by Crippen LogP contribution is 2.21. The molecule has 0 fully saturated rings. The number of carbonyl (C=O) groups excluding carboxylic acids is 3. The van der Waals surface area contributed by atoms with Crippen LogP contribution in [0, 0.1) is 0 Å². The number of rotatable bonds is 6. The van der Waals surface area contributed by atoms with Gasteiger partial charge in [0.2, 0.25) is 5.91 Å². The second kappa shape index (κ2) is 9.59. The molecule has 0 unspecified atom stereocenters. The Morgan fingerprint density at radius 2 is 1.88 bits per heavy atom. The SMILES string of the molecule is CN(CC(=O)NC(C)(C)C)C(=O)COC(=O)/C=C/c1ccc(Cl)cc1Cl. The molecule has 1 aromatic carbocycles. The second-order valence-electron chi connectivity index (χ2n) is 6.65. The van der Waals surface area contributed by atoms with Crippen molar-refractivity contribution in [3.05, 3.63) is 39.9 Å². The average molecular weight is 401 g/mol. The van der Waals surface area contributed by atoms with Crippen LogP contribution in [0.1, 0.15) is 26.3 Å². The zero-order chi connectivity index (χ0) is 19.9. The van der Waals surface area contributed by atoms with Crippen LogP contribution in [0.5, 0.6) is 0 Å². The number of nitrogens with zero attached hydrogens (tertiary/aromatic N) is 1. The molecule has 1 N–H and O–H groups in total. The molecule has 0 atom stereocenters. The standard InChI is InChI=1S/C18H22Cl2N2O4/c1-18(2,3)21-15(23)10-22(4)16(24)11-26-17(25)8-6-12-5-7-13(19)9-14(12)20/h5-9H,10-11H2,1-4H3,(H,21,23)/b8-6+. The molecule has 0 bridgehead atoms. The van der Waals surface area contributed by atoms with Gasteiger partial charge in [-0.15, -0.1) is 0 Å². The summed E-state index contributed by atoms with van der Waals surface area (Å²) < 4.78 is 4.87. The molecule has 2 amide bonds. The first-order valence-electron chi connectivity index (χ1n) is 7.83. The number of benzene rings is 1. The van der Waals surface area contributed by atoms with E-state index in [4.69, 9.17) is 27.9 Å². The summed E-state index contributed by atoms with van der Waals surface area (Å²) in [7, 11) is 1.46. The Morgan fingerprint density at radius 1 is 1.23 bits per heavy atom. The molecule has 0 aliphatic rings. The highest BCUT2D eigenvalue weighted by Gasteiger charge is 2.18. The maximum atomic E-state index is 11.9. The predicted molar refractivity (Wildman–Crippen MR) is 102 cm³/mol.